The van der Waals surface area contributed by atoms with E-state index < -0.39 is 6.43 Å². The van der Waals surface area contributed by atoms with Gasteiger partial charge in [0.25, 0.3) is 6.43 Å². The van der Waals surface area contributed by atoms with Crippen LogP contribution in [0.25, 0.3) is 10.9 Å². The standard InChI is InChI=1S/C11H7Cl3F2N2/c1-17-6-3-7(11(15)16)18-10-5(13)2-4(12)9(14)8(6)10/h2-3,11H,1H3,(H,17,18). The average Bonchev–Trinajstić information content (AvgIpc) is 2.34. The van der Waals surface area contributed by atoms with Crippen molar-refractivity contribution in [2.45, 2.75) is 6.43 Å². The number of hydrogen-bond donors (Lipinski definition) is 1. The van der Waals surface area contributed by atoms with Gasteiger partial charge in [0, 0.05) is 18.1 Å². The molecule has 0 bridgehead atoms. The van der Waals surface area contributed by atoms with E-state index in [4.69, 9.17) is 34.8 Å². The summed E-state index contributed by atoms with van der Waals surface area (Å²) in [6, 6.07) is 2.61. The van der Waals surface area contributed by atoms with E-state index in [0.717, 1.165) is 0 Å². The third-order valence-corrected chi connectivity index (χ3v) is 3.52. The maximum atomic E-state index is 12.7. The zero-order valence-electron chi connectivity index (χ0n) is 9.07. The van der Waals surface area contributed by atoms with Crippen LogP contribution in [0.4, 0.5) is 14.5 Å². The fourth-order valence-corrected chi connectivity index (χ4v) is 2.38. The van der Waals surface area contributed by atoms with Crippen LogP contribution in [-0.2, 0) is 0 Å². The van der Waals surface area contributed by atoms with Gasteiger partial charge in [-0.05, 0) is 12.1 Å². The molecule has 0 aliphatic carbocycles. The van der Waals surface area contributed by atoms with E-state index in [0.29, 0.717) is 11.1 Å². The molecule has 0 radical (unpaired) electrons. The number of benzene rings is 1. The lowest BCUT2D eigenvalue weighted by Gasteiger charge is -2.12. The molecule has 96 valence electrons. The molecule has 1 heterocycles. The smallest absolute Gasteiger partial charge is 0.280 e. The number of anilines is 1. The Kier molecular flexibility index (Phi) is 3.80. The molecule has 2 aromatic rings. The fourth-order valence-electron chi connectivity index (χ4n) is 1.63. The summed E-state index contributed by atoms with van der Waals surface area (Å²) in [4.78, 5) is 3.82. The highest BCUT2D eigenvalue weighted by atomic mass is 35.5. The number of nitrogens with zero attached hydrogens (tertiary/aromatic N) is 1. The first-order chi connectivity index (χ1) is 8.45. The Labute approximate surface area is 117 Å². The van der Waals surface area contributed by atoms with Gasteiger partial charge in [-0.25, -0.2) is 13.8 Å². The zero-order valence-corrected chi connectivity index (χ0v) is 11.3. The molecule has 0 saturated carbocycles. The minimum Gasteiger partial charge on any atom is -0.387 e. The van der Waals surface area contributed by atoms with Crippen LogP contribution >= 0.6 is 34.8 Å². The van der Waals surface area contributed by atoms with Crippen LogP contribution in [0.2, 0.25) is 15.1 Å². The maximum absolute atomic E-state index is 12.7. The van der Waals surface area contributed by atoms with Gasteiger partial charge in [0.05, 0.1) is 20.6 Å². The van der Waals surface area contributed by atoms with Crippen molar-refractivity contribution in [3.8, 4) is 0 Å². The number of rotatable bonds is 2. The summed E-state index contributed by atoms with van der Waals surface area (Å²) in [5, 5.41) is 3.87. The molecule has 0 spiro atoms. The highest BCUT2D eigenvalue weighted by Crippen LogP contribution is 2.40. The largest absolute Gasteiger partial charge is 0.387 e. The number of aromatic nitrogens is 1. The molecule has 2 nitrogen and oxygen atoms in total. The lowest BCUT2D eigenvalue weighted by Crippen LogP contribution is -1.98. The van der Waals surface area contributed by atoms with Crippen LogP contribution in [0, 0.1) is 0 Å². The van der Waals surface area contributed by atoms with Crippen LogP contribution in [0.15, 0.2) is 12.1 Å². The van der Waals surface area contributed by atoms with E-state index in [2.05, 4.69) is 10.3 Å². The second-order valence-electron chi connectivity index (χ2n) is 3.52. The van der Waals surface area contributed by atoms with Crippen molar-refractivity contribution in [2.24, 2.45) is 0 Å². The SMILES string of the molecule is CNc1cc(C(F)F)nc2c(Cl)cc(Cl)c(Cl)c12. The average molecular weight is 312 g/mol. The second kappa shape index (κ2) is 5.03. The molecule has 0 fully saturated rings. The van der Waals surface area contributed by atoms with Gasteiger partial charge < -0.3 is 5.32 Å². The van der Waals surface area contributed by atoms with Gasteiger partial charge in [-0.1, -0.05) is 34.8 Å². The molecule has 0 amide bonds. The topological polar surface area (TPSA) is 24.9 Å². The van der Waals surface area contributed by atoms with Gasteiger partial charge in [-0.2, -0.15) is 0 Å². The van der Waals surface area contributed by atoms with Crippen LogP contribution in [-0.4, -0.2) is 12.0 Å². The number of pyridine rings is 1. The number of hydrogen-bond acceptors (Lipinski definition) is 2. The van der Waals surface area contributed by atoms with Crippen molar-refractivity contribution < 1.29 is 8.78 Å². The van der Waals surface area contributed by atoms with Crippen LogP contribution in [0.1, 0.15) is 12.1 Å². The molecule has 0 aliphatic heterocycles. The summed E-state index contributed by atoms with van der Waals surface area (Å²) >= 11 is 17.9. The van der Waals surface area contributed by atoms with Crippen molar-refractivity contribution in [3.05, 3.63) is 32.9 Å². The molecule has 18 heavy (non-hydrogen) atoms. The minimum absolute atomic E-state index is 0.179. The van der Waals surface area contributed by atoms with Crippen LogP contribution in [0.3, 0.4) is 0 Å². The molecule has 1 aromatic heterocycles. The first kappa shape index (κ1) is 13.6. The molecular formula is C11H7Cl3F2N2. The summed E-state index contributed by atoms with van der Waals surface area (Å²) in [5.74, 6) is 0. The predicted octanol–water partition coefficient (Wildman–Crippen LogP) is 5.17. The molecular weight excluding hydrogens is 304 g/mol. The third-order valence-electron chi connectivity index (χ3n) is 2.44. The maximum Gasteiger partial charge on any atom is 0.280 e. The van der Waals surface area contributed by atoms with Crippen LogP contribution < -0.4 is 5.32 Å². The Bertz CT molecular complexity index is 617. The van der Waals surface area contributed by atoms with Gasteiger partial charge in [0.2, 0.25) is 0 Å². The van der Waals surface area contributed by atoms with E-state index >= 15 is 0 Å². The zero-order chi connectivity index (χ0) is 13.4. The van der Waals surface area contributed by atoms with Crippen molar-refractivity contribution in [1.29, 1.82) is 0 Å². The molecule has 1 aromatic carbocycles. The van der Waals surface area contributed by atoms with Gasteiger partial charge in [-0.3, -0.25) is 0 Å². The van der Waals surface area contributed by atoms with Gasteiger partial charge in [0.15, 0.2) is 0 Å². The van der Waals surface area contributed by atoms with Gasteiger partial charge in [0.1, 0.15) is 5.69 Å². The normalized spacial score (nSPS) is 11.3. The first-order valence-corrected chi connectivity index (χ1v) is 6.03. The fraction of sp³-hybridized carbons (Fsp3) is 0.182. The number of nitrogens with one attached hydrogen (secondary N) is 1. The molecule has 1 N–H and O–H groups in total. The summed E-state index contributed by atoms with van der Waals surface area (Å²) < 4.78 is 25.5. The number of fused-ring (bicyclic) bond motifs is 1. The van der Waals surface area contributed by atoms with Crippen molar-refractivity contribution in [3.63, 3.8) is 0 Å². The first-order valence-electron chi connectivity index (χ1n) is 4.89. The van der Waals surface area contributed by atoms with E-state index in [9.17, 15) is 8.78 Å². The van der Waals surface area contributed by atoms with Crippen molar-refractivity contribution in [1.82, 2.24) is 4.98 Å². The summed E-state index contributed by atoms with van der Waals surface area (Å²) in [6.07, 6.45) is -2.69. The number of alkyl halides is 2. The van der Waals surface area contributed by atoms with Crippen molar-refractivity contribution in [2.75, 3.05) is 12.4 Å². The Balaban J connectivity index is 2.91. The quantitative estimate of drug-likeness (QED) is 0.773. The monoisotopic (exact) mass is 310 g/mol. The summed E-state index contributed by atoms with van der Waals surface area (Å²) in [6.45, 7) is 0. The Morgan fingerprint density at radius 1 is 1.17 bits per heavy atom. The molecule has 2 rings (SSSR count). The number of halogens is 5. The lowest BCUT2D eigenvalue weighted by atomic mass is 10.1. The van der Waals surface area contributed by atoms with E-state index in [1.54, 1.807) is 7.05 Å². The third kappa shape index (κ3) is 2.20. The molecule has 0 aliphatic rings. The minimum atomic E-state index is -2.69. The Morgan fingerprint density at radius 3 is 2.39 bits per heavy atom. The van der Waals surface area contributed by atoms with E-state index in [-0.39, 0.29) is 26.3 Å². The van der Waals surface area contributed by atoms with Gasteiger partial charge in [-0.15, -0.1) is 0 Å². The molecule has 7 heteroatoms. The van der Waals surface area contributed by atoms with Crippen LogP contribution in [0.5, 0.6) is 0 Å². The van der Waals surface area contributed by atoms with E-state index in [1.807, 2.05) is 0 Å². The predicted molar refractivity (Wildman–Crippen MR) is 71.3 cm³/mol. The second-order valence-corrected chi connectivity index (χ2v) is 4.72. The van der Waals surface area contributed by atoms with Gasteiger partial charge >= 0.3 is 0 Å². The van der Waals surface area contributed by atoms with E-state index in [1.165, 1.54) is 12.1 Å². The Hall–Kier alpha value is -0.840. The Morgan fingerprint density at radius 2 is 1.83 bits per heavy atom. The molecule has 0 saturated heterocycles. The summed E-state index contributed by atoms with van der Waals surface area (Å²) in [7, 11) is 1.59. The van der Waals surface area contributed by atoms with Crippen molar-refractivity contribution >= 4 is 51.4 Å². The summed E-state index contributed by atoms with van der Waals surface area (Å²) in [5.41, 5.74) is 0.241. The highest BCUT2D eigenvalue weighted by Gasteiger charge is 2.18. The molecule has 0 atom stereocenters. The lowest BCUT2D eigenvalue weighted by molar-refractivity contribution is 0.146. The highest BCUT2D eigenvalue weighted by molar-refractivity contribution is 6.48. The molecule has 0 unspecified atom stereocenters.